The SMILES string of the molecule is CCC(CCN)CCC(=O)NC1CCCC(SC)C1. The maximum Gasteiger partial charge on any atom is 0.220 e. The van der Waals surface area contributed by atoms with Crippen LogP contribution in [-0.4, -0.2) is 30.0 Å². The number of nitrogens with one attached hydrogen (secondary N) is 1. The number of amides is 1. The van der Waals surface area contributed by atoms with Gasteiger partial charge in [-0.05, 0) is 50.8 Å². The lowest BCUT2D eigenvalue weighted by Gasteiger charge is -2.28. The molecule has 0 aromatic carbocycles. The van der Waals surface area contributed by atoms with Gasteiger partial charge in [0.15, 0.2) is 0 Å². The van der Waals surface area contributed by atoms with Gasteiger partial charge in [-0.25, -0.2) is 0 Å². The third kappa shape index (κ3) is 6.66. The summed E-state index contributed by atoms with van der Waals surface area (Å²) in [4.78, 5) is 12.0. The summed E-state index contributed by atoms with van der Waals surface area (Å²) in [6.45, 7) is 2.92. The van der Waals surface area contributed by atoms with E-state index in [1.807, 2.05) is 11.8 Å². The summed E-state index contributed by atoms with van der Waals surface area (Å²) < 4.78 is 0. The third-order valence-corrected chi connectivity index (χ3v) is 5.35. The molecule has 1 fully saturated rings. The largest absolute Gasteiger partial charge is 0.353 e. The molecular weight excluding hydrogens is 256 g/mol. The molecule has 1 rings (SSSR count). The lowest BCUT2D eigenvalue weighted by atomic mass is 9.94. The van der Waals surface area contributed by atoms with Crippen molar-refractivity contribution in [3.05, 3.63) is 0 Å². The van der Waals surface area contributed by atoms with E-state index in [1.165, 1.54) is 12.8 Å². The summed E-state index contributed by atoms with van der Waals surface area (Å²) in [5.74, 6) is 0.850. The summed E-state index contributed by atoms with van der Waals surface area (Å²) in [6.07, 6.45) is 10.9. The van der Waals surface area contributed by atoms with E-state index in [0.717, 1.165) is 43.9 Å². The predicted octanol–water partition coefficient (Wildman–Crippen LogP) is 2.93. The Labute approximate surface area is 122 Å². The molecule has 3 atom stereocenters. The molecule has 0 saturated heterocycles. The molecular formula is C15H30N2OS. The van der Waals surface area contributed by atoms with Crippen molar-refractivity contribution >= 4 is 17.7 Å². The molecule has 3 unspecified atom stereocenters. The molecule has 112 valence electrons. The minimum atomic E-state index is 0.238. The maximum atomic E-state index is 12.0. The van der Waals surface area contributed by atoms with E-state index in [9.17, 15) is 4.79 Å². The van der Waals surface area contributed by atoms with Crippen LogP contribution in [0.3, 0.4) is 0 Å². The summed E-state index contributed by atoms with van der Waals surface area (Å²) in [5.41, 5.74) is 5.59. The van der Waals surface area contributed by atoms with Crippen LogP contribution in [-0.2, 0) is 4.79 Å². The molecule has 0 spiro atoms. The predicted molar refractivity (Wildman–Crippen MR) is 84.4 cm³/mol. The highest BCUT2D eigenvalue weighted by Gasteiger charge is 2.22. The number of rotatable bonds is 8. The van der Waals surface area contributed by atoms with Gasteiger partial charge in [-0.1, -0.05) is 19.8 Å². The first-order chi connectivity index (χ1) is 9.19. The summed E-state index contributed by atoms with van der Waals surface area (Å²) in [6, 6.07) is 0.410. The average molecular weight is 286 g/mol. The van der Waals surface area contributed by atoms with Crippen molar-refractivity contribution < 1.29 is 4.79 Å². The van der Waals surface area contributed by atoms with Gasteiger partial charge < -0.3 is 11.1 Å². The van der Waals surface area contributed by atoms with E-state index in [0.29, 0.717) is 18.4 Å². The molecule has 3 N–H and O–H groups in total. The van der Waals surface area contributed by atoms with Gasteiger partial charge in [0.05, 0.1) is 0 Å². The zero-order chi connectivity index (χ0) is 14.1. The molecule has 0 aromatic rings. The topological polar surface area (TPSA) is 55.1 Å². The fourth-order valence-electron chi connectivity index (χ4n) is 2.91. The second kappa shape index (κ2) is 9.65. The highest BCUT2D eigenvalue weighted by atomic mass is 32.2. The molecule has 4 heteroatoms. The van der Waals surface area contributed by atoms with Crippen LogP contribution in [0, 0.1) is 5.92 Å². The quantitative estimate of drug-likeness (QED) is 0.721. The molecule has 0 radical (unpaired) electrons. The Kier molecular flexibility index (Phi) is 8.55. The van der Waals surface area contributed by atoms with Gasteiger partial charge in [-0.2, -0.15) is 11.8 Å². The summed E-state index contributed by atoms with van der Waals surface area (Å²) in [5, 5.41) is 3.96. The van der Waals surface area contributed by atoms with Crippen LogP contribution in [0.25, 0.3) is 0 Å². The highest BCUT2D eigenvalue weighted by Crippen LogP contribution is 2.27. The Bertz CT molecular complexity index is 261. The van der Waals surface area contributed by atoms with Crippen molar-refractivity contribution in [3.8, 4) is 0 Å². The highest BCUT2D eigenvalue weighted by molar-refractivity contribution is 7.99. The lowest BCUT2D eigenvalue weighted by Crippen LogP contribution is -2.39. The van der Waals surface area contributed by atoms with Gasteiger partial charge in [-0.3, -0.25) is 4.79 Å². The van der Waals surface area contributed by atoms with Crippen molar-refractivity contribution in [2.24, 2.45) is 11.7 Å². The first-order valence-corrected chi connectivity index (χ1v) is 9.00. The first kappa shape index (κ1) is 16.8. The van der Waals surface area contributed by atoms with E-state index >= 15 is 0 Å². The molecule has 1 amide bonds. The fraction of sp³-hybridized carbons (Fsp3) is 0.933. The van der Waals surface area contributed by atoms with Crippen LogP contribution in [0.1, 0.15) is 58.3 Å². The van der Waals surface area contributed by atoms with Gasteiger partial charge in [0, 0.05) is 17.7 Å². The van der Waals surface area contributed by atoms with Crippen LogP contribution in [0.15, 0.2) is 0 Å². The fourth-order valence-corrected chi connectivity index (χ4v) is 3.74. The van der Waals surface area contributed by atoms with Crippen LogP contribution in [0.5, 0.6) is 0 Å². The van der Waals surface area contributed by atoms with Crippen molar-refractivity contribution in [1.82, 2.24) is 5.32 Å². The van der Waals surface area contributed by atoms with Gasteiger partial charge >= 0.3 is 0 Å². The third-order valence-electron chi connectivity index (χ3n) is 4.26. The van der Waals surface area contributed by atoms with Crippen molar-refractivity contribution in [1.29, 1.82) is 0 Å². The zero-order valence-corrected chi connectivity index (χ0v) is 13.3. The lowest BCUT2D eigenvalue weighted by molar-refractivity contribution is -0.122. The Morgan fingerprint density at radius 3 is 2.84 bits per heavy atom. The zero-order valence-electron chi connectivity index (χ0n) is 12.5. The standard InChI is InChI=1S/C15H30N2OS/c1-3-12(9-10-16)7-8-15(18)17-13-5-4-6-14(11-13)19-2/h12-14H,3-11,16H2,1-2H3,(H,17,18). The first-order valence-electron chi connectivity index (χ1n) is 7.71. The van der Waals surface area contributed by atoms with Gasteiger partial charge in [-0.15, -0.1) is 0 Å². The van der Waals surface area contributed by atoms with Crippen LogP contribution in [0.4, 0.5) is 0 Å². The molecule has 0 aliphatic heterocycles. The van der Waals surface area contributed by atoms with Crippen molar-refractivity contribution in [3.63, 3.8) is 0 Å². The van der Waals surface area contributed by atoms with Crippen molar-refractivity contribution in [2.75, 3.05) is 12.8 Å². The summed E-state index contributed by atoms with van der Waals surface area (Å²) >= 11 is 1.94. The van der Waals surface area contributed by atoms with Gasteiger partial charge in [0.2, 0.25) is 5.91 Å². The van der Waals surface area contributed by atoms with Crippen molar-refractivity contribution in [2.45, 2.75) is 69.6 Å². The minimum absolute atomic E-state index is 0.238. The molecule has 19 heavy (non-hydrogen) atoms. The minimum Gasteiger partial charge on any atom is -0.353 e. The molecule has 1 aliphatic rings. The Morgan fingerprint density at radius 1 is 1.42 bits per heavy atom. The second-order valence-electron chi connectivity index (χ2n) is 5.68. The maximum absolute atomic E-state index is 12.0. The van der Waals surface area contributed by atoms with E-state index in [2.05, 4.69) is 18.5 Å². The van der Waals surface area contributed by atoms with Gasteiger partial charge in [0.25, 0.3) is 0 Å². The smallest absolute Gasteiger partial charge is 0.220 e. The Morgan fingerprint density at radius 2 is 2.21 bits per heavy atom. The molecule has 0 aromatic heterocycles. The average Bonchev–Trinajstić information content (AvgIpc) is 2.43. The number of carbonyl (C=O) groups excluding carboxylic acids is 1. The van der Waals surface area contributed by atoms with E-state index in [1.54, 1.807) is 0 Å². The number of thioether (sulfide) groups is 1. The van der Waals surface area contributed by atoms with Crippen LogP contribution < -0.4 is 11.1 Å². The normalized spacial score (nSPS) is 25.0. The molecule has 3 nitrogen and oxygen atoms in total. The van der Waals surface area contributed by atoms with E-state index in [4.69, 9.17) is 5.73 Å². The summed E-state index contributed by atoms with van der Waals surface area (Å²) in [7, 11) is 0. The van der Waals surface area contributed by atoms with E-state index < -0.39 is 0 Å². The Hall–Kier alpha value is -0.220. The number of hydrogen-bond donors (Lipinski definition) is 2. The number of hydrogen-bond acceptors (Lipinski definition) is 3. The van der Waals surface area contributed by atoms with Crippen LogP contribution >= 0.6 is 11.8 Å². The monoisotopic (exact) mass is 286 g/mol. The van der Waals surface area contributed by atoms with Gasteiger partial charge in [0.1, 0.15) is 0 Å². The molecule has 0 heterocycles. The second-order valence-corrected chi connectivity index (χ2v) is 6.82. The molecule has 1 saturated carbocycles. The number of nitrogens with two attached hydrogens (primary N) is 1. The number of carbonyl (C=O) groups is 1. The molecule has 0 bridgehead atoms. The molecule has 1 aliphatic carbocycles. The van der Waals surface area contributed by atoms with Crippen LogP contribution in [0.2, 0.25) is 0 Å². The van der Waals surface area contributed by atoms with E-state index in [-0.39, 0.29) is 5.91 Å². The Balaban J connectivity index is 2.22.